The van der Waals surface area contributed by atoms with Gasteiger partial charge in [0.1, 0.15) is 11.4 Å². The predicted molar refractivity (Wildman–Crippen MR) is 131 cm³/mol. The topological polar surface area (TPSA) is 67.2 Å². The summed E-state index contributed by atoms with van der Waals surface area (Å²) in [4.78, 5) is 33.9. The summed E-state index contributed by atoms with van der Waals surface area (Å²) in [5.74, 6) is -0.280. The number of fused-ring (bicyclic) bond motifs is 1. The molecule has 158 valence electrons. The third kappa shape index (κ3) is 4.40. The van der Waals surface area contributed by atoms with E-state index in [9.17, 15) is 9.59 Å². The third-order valence-corrected chi connectivity index (χ3v) is 6.51. The van der Waals surface area contributed by atoms with Crippen molar-refractivity contribution in [3.63, 3.8) is 0 Å². The van der Waals surface area contributed by atoms with Gasteiger partial charge in [-0.1, -0.05) is 28.1 Å². The first-order valence-electron chi connectivity index (χ1n) is 9.65. The zero-order valence-corrected chi connectivity index (χ0v) is 19.8. The maximum atomic E-state index is 13.2. The highest BCUT2D eigenvalue weighted by Crippen LogP contribution is 2.35. The van der Waals surface area contributed by atoms with Gasteiger partial charge < -0.3 is 10.2 Å². The minimum Gasteiger partial charge on any atom is -0.378 e. The summed E-state index contributed by atoms with van der Waals surface area (Å²) >= 11 is 4.93. The Hall–Kier alpha value is -2.97. The number of thiophene rings is 1. The van der Waals surface area contributed by atoms with Crippen LogP contribution < -0.4 is 15.8 Å². The van der Waals surface area contributed by atoms with Gasteiger partial charge in [0, 0.05) is 40.4 Å². The van der Waals surface area contributed by atoms with Crippen LogP contribution in [0, 0.1) is 6.92 Å². The van der Waals surface area contributed by atoms with Crippen LogP contribution in [0.4, 0.5) is 11.4 Å². The second kappa shape index (κ2) is 8.64. The minimum atomic E-state index is -0.280. The van der Waals surface area contributed by atoms with Crippen LogP contribution in [0.25, 0.3) is 21.3 Å². The molecule has 0 aliphatic carbocycles. The van der Waals surface area contributed by atoms with Crippen LogP contribution in [0.3, 0.4) is 0 Å². The zero-order chi connectivity index (χ0) is 22.1. The fraction of sp³-hybridized carbons (Fsp3) is 0.174. The van der Waals surface area contributed by atoms with Crippen molar-refractivity contribution in [3.05, 3.63) is 74.6 Å². The van der Waals surface area contributed by atoms with Crippen LogP contribution in [-0.2, 0) is 11.3 Å². The van der Waals surface area contributed by atoms with E-state index in [1.165, 1.54) is 22.2 Å². The van der Waals surface area contributed by atoms with Gasteiger partial charge in [-0.05, 0) is 48.9 Å². The molecule has 2 aromatic heterocycles. The molecule has 2 heterocycles. The molecule has 4 aromatic rings. The number of halogens is 1. The van der Waals surface area contributed by atoms with Crippen molar-refractivity contribution in [2.24, 2.45) is 0 Å². The number of carbonyl (C=O) groups excluding carboxylic acids is 1. The molecule has 0 aliphatic rings. The van der Waals surface area contributed by atoms with Crippen molar-refractivity contribution in [2.75, 3.05) is 24.3 Å². The van der Waals surface area contributed by atoms with E-state index in [2.05, 4.69) is 26.2 Å². The molecule has 0 saturated carbocycles. The van der Waals surface area contributed by atoms with Gasteiger partial charge in [0.05, 0.1) is 11.7 Å². The number of anilines is 2. The fourth-order valence-corrected chi connectivity index (χ4v) is 4.68. The largest absolute Gasteiger partial charge is 0.378 e. The number of nitrogens with zero attached hydrogens (tertiary/aromatic N) is 3. The molecule has 6 nitrogen and oxygen atoms in total. The first-order chi connectivity index (χ1) is 14.8. The molecule has 0 bridgehead atoms. The van der Waals surface area contributed by atoms with E-state index in [4.69, 9.17) is 0 Å². The van der Waals surface area contributed by atoms with Crippen molar-refractivity contribution in [1.29, 1.82) is 0 Å². The lowest BCUT2D eigenvalue weighted by Gasteiger charge is -2.13. The molecule has 4 rings (SSSR count). The Morgan fingerprint density at radius 2 is 1.81 bits per heavy atom. The predicted octanol–water partition coefficient (Wildman–Crippen LogP) is 4.90. The summed E-state index contributed by atoms with van der Waals surface area (Å²) in [7, 11) is 3.91. The molecule has 2 aromatic carbocycles. The monoisotopic (exact) mass is 496 g/mol. The molecule has 8 heteroatoms. The molecular formula is C23H21BrN4O2S. The summed E-state index contributed by atoms with van der Waals surface area (Å²) < 4.78 is 2.33. The molecule has 0 radical (unpaired) electrons. The Morgan fingerprint density at radius 3 is 2.45 bits per heavy atom. The van der Waals surface area contributed by atoms with Gasteiger partial charge in [0.25, 0.3) is 5.56 Å². The van der Waals surface area contributed by atoms with Gasteiger partial charge in [-0.3, -0.25) is 14.2 Å². The highest BCUT2D eigenvalue weighted by Gasteiger charge is 2.18. The van der Waals surface area contributed by atoms with Crippen LogP contribution in [0.2, 0.25) is 0 Å². The lowest BCUT2D eigenvalue weighted by molar-refractivity contribution is -0.116. The summed E-state index contributed by atoms with van der Waals surface area (Å²) in [6.07, 6.45) is 1.45. The number of carbonyl (C=O) groups is 1. The van der Waals surface area contributed by atoms with Gasteiger partial charge in [0.2, 0.25) is 5.91 Å². The van der Waals surface area contributed by atoms with E-state index in [0.717, 1.165) is 26.2 Å². The number of nitrogens with one attached hydrogen (secondary N) is 1. The zero-order valence-electron chi connectivity index (χ0n) is 17.3. The smallest absolute Gasteiger partial charge is 0.263 e. The first kappa shape index (κ1) is 21.3. The van der Waals surface area contributed by atoms with E-state index < -0.39 is 0 Å². The number of hydrogen-bond donors (Lipinski definition) is 1. The summed E-state index contributed by atoms with van der Waals surface area (Å²) in [5.41, 5.74) is 3.33. The van der Waals surface area contributed by atoms with E-state index in [1.54, 1.807) is 0 Å². The number of rotatable bonds is 5. The van der Waals surface area contributed by atoms with Gasteiger partial charge >= 0.3 is 0 Å². The van der Waals surface area contributed by atoms with Crippen molar-refractivity contribution >= 4 is 54.8 Å². The van der Waals surface area contributed by atoms with Crippen LogP contribution in [0.1, 0.15) is 4.88 Å². The lowest BCUT2D eigenvalue weighted by atomic mass is 10.0. The average Bonchev–Trinajstić information content (AvgIpc) is 3.08. The molecule has 0 aliphatic heterocycles. The van der Waals surface area contributed by atoms with E-state index in [-0.39, 0.29) is 18.0 Å². The molecule has 1 amide bonds. The maximum Gasteiger partial charge on any atom is 0.263 e. The highest BCUT2D eigenvalue weighted by molar-refractivity contribution is 9.10. The average molecular weight is 497 g/mol. The Balaban J connectivity index is 1.63. The van der Waals surface area contributed by atoms with Gasteiger partial charge in [-0.15, -0.1) is 11.3 Å². The molecule has 0 atom stereocenters. The van der Waals surface area contributed by atoms with Gasteiger partial charge in [-0.25, -0.2) is 4.98 Å². The molecule has 0 fully saturated rings. The van der Waals surface area contributed by atoms with Crippen molar-refractivity contribution in [3.8, 4) is 11.1 Å². The Morgan fingerprint density at radius 1 is 1.13 bits per heavy atom. The highest BCUT2D eigenvalue weighted by atomic mass is 79.9. The van der Waals surface area contributed by atoms with Crippen LogP contribution in [0.15, 0.2) is 64.1 Å². The second-order valence-electron chi connectivity index (χ2n) is 7.39. The summed E-state index contributed by atoms with van der Waals surface area (Å²) in [6.45, 7) is 1.88. The Bertz CT molecular complexity index is 1310. The van der Waals surface area contributed by atoms with Crippen LogP contribution >= 0.6 is 27.3 Å². The molecule has 31 heavy (non-hydrogen) atoms. The normalized spacial score (nSPS) is 11.0. The third-order valence-electron chi connectivity index (χ3n) is 4.97. The molecule has 0 spiro atoms. The fourth-order valence-electron chi connectivity index (χ4n) is 3.41. The number of benzene rings is 2. The summed E-state index contributed by atoms with van der Waals surface area (Å²) in [5, 5.41) is 3.39. The van der Waals surface area contributed by atoms with Crippen molar-refractivity contribution in [2.45, 2.75) is 13.5 Å². The number of aryl methyl sites for hydroxylation is 1. The van der Waals surface area contributed by atoms with E-state index in [0.29, 0.717) is 15.9 Å². The number of hydrogen-bond acceptors (Lipinski definition) is 5. The standard InChI is InChI=1S/C23H21BrN4O2S/c1-14-20(15-4-6-16(24)7-5-15)21-22(31-14)25-13-28(23(21)30)12-19(29)26-17-8-10-18(11-9-17)27(2)3/h4-11,13H,12H2,1-3H3,(H,26,29). The van der Waals surface area contributed by atoms with E-state index in [1.807, 2.05) is 74.4 Å². The first-order valence-corrected chi connectivity index (χ1v) is 11.3. The number of aromatic nitrogens is 2. The Kier molecular flexibility index (Phi) is 5.93. The lowest BCUT2D eigenvalue weighted by Crippen LogP contribution is -2.27. The van der Waals surface area contributed by atoms with Crippen LogP contribution in [-0.4, -0.2) is 29.6 Å². The molecular weight excluding hydrogens is 476 g/mol. The maximum absolute atomic E-state index is 13.2. The van der Waals surface area contributed by atoms with Gasteiger partial charge in [0.15, 0.2) is 0 Å². The second-order valence-corrected chi connectivity index (χ2v) is 9.51. The van der Waals surface area contributed by atoms with Crippen LogP contribution in [0.5, 0.6) is 0 Å². The molecule has 0 saturated heterocycles. The minimum absolute atomic E-state index is 0.105. The SMILES string of the molecule is Cc1sc2ncn(CC(=O)Nc3ccc(N(C)C)cc3)c(=O)c2c1-c1ccc(Br)cc1. The summed E-state index contributed by atoms with van der Waals surface area (Å²) in [6, 6.07) is 15.4. The van der Waals surface area contributed by atoms with Gasteiger partial charge in [-0.2, -0.15) is 0 Å². The van der Waals surface area contributed by atoms with Crippen molar-refractivity contribution in [1.82, 2.24) is 9.55 Å². The van der Waals surface area contributed by atoms with E-state index >= 15 is 0 Å². The molecule has 1 N–H and O–H groups in total. The Labute approximate surface area is 192 Å². The molecule has 0 unspecified atom stereocenters. The quantitative estimate of drug-likeness (QED) is 0.426. The van der Waals surface area contributed by atoms with Crippen molar-refractivity contribution < 1.29 is 4.79 Å². The number of amides is 1.